The van der Waals surface area contributed by atoms with Crippen molar-refractivity contribution < 1.29 is 4.79 Å². The van der Waals surface area contributed by atoms with E-state index < -0.39 is 0 Å². The van der Waals surface area contributed by atoms with Gasteiger partial charge >= 0.3 is 0 Å². The highest BCUT2D eigenvalue weighted by Crippen LogP contribution is 2.28. The van der Waals surface area contributed by atoms with Crippen LogP contribution in [0.4, 0.5) is 5.69 Å². The van der Waals surface area contributed by atoms with Crippen LogP contribution >= 0.6 is 34.5 Å². The van der Waals surface area contributed by atoms with Gasteiger partial charge in [-0.2, -0.15) is 0 Å². The van der Waals surface area contributed by atoms with E-state index in [2.05, 4.69) is 28.1 Å². The lowest BCUT2D eigenvalue weighted by Gasteiger charge is -2.11. The maximum atomic E-state index is 12.9. The van der Waals surface area contributed by atoms with E-state index in [1.807, 2.05) is 29.6 Å². The number of aryl methyl sites for hydroxylation is 2. The summed E-state index contributed by atoms with van der Waals surface area (Å²) in [6.07, 6.45) is 0.855. The number of anilines is 1. The summed E-state index contributed by atoms with van der Waals surface area (Å²) in [7, 11) is 0. The highest BCUT2D eigenvalue weighted by Gasteiger charge is 2.17. The van der Waals surface area contributed by atoms with Gasteiger partial charge in [0.2, 0.25) is 0 Å². The van der Waals surface area contributed by atoms with Crippen molar-refractivity contribution in [2.24, 2.45) is 0 Å². The minimum absolute atomic E-state index is 0.162. The van der Waals surface area contributed by atoms with Crippen LogP contribution in [0.1, 0.15) is 16.1 Å². The van der Waals surface area contributed by atoms with Gasteiger partial charge in [0.05, 0.1) is 20.3 Å². The lowest BCUT2D eigenvalue weighted by molar-refractivity contribution is 0.101. The average molecular weight is 415 g/mol. The molecule has 27 heavy (non-hydrogen) atoms. The summed E-state index contributed by atoms with van der Waals surface area (Å²) < 4.78 is 3.17. The van der Waals surface area contributed by atoms with E-state index in [4.69, 9.17) is 23.2 Å². The molecule has 0 saturated heterocycles. The Balaban J connectivity index is 1.61. The molecular formula is C21H16Cl2N2OS. The predicted molar refractivity (Wildman–Crippen MR) is 114 cm³/mol. The molecule has 3 nitrogen and oxygen atoms in total. The largest absolute Gasteiger partial charge is 0.335 e. The van der Waals surface area contributed by atoms with Crippen molar-refractivity contribution >= 4 is 56.3 Å². The van der Waals surface area contributed by atoms with E-state index in [0.29, 0.717) is 21.4 Å². The fourth-order valence-corrected chi connectivity index (χ4v) is 4.18. The van der Waals surface area contributed by atoms with Crippen molar-refractivity contribution in [1.29, 1.82) is 0 Å². The van der Waals surface area contributed by atoms with Gasteiger partial charge in [-0.1, -0.05) is 53.5 Å². The summed E-state index contributed by atoms with van der Waals surface area (Å²) in [4.78, 5) is 12.9. The third-order valence-corrected chi connectivity index (χ3v) is 5.99. The number of carbonyl (C=O) groups is 1. The lowest BCUT2D eigenvalue weighted by atomic mass is 10.1. The third-order valence-electron chi connectivity index (χ3n) is 4.40. The van der Waals surface area contributed by atoms with E-state index in [0.717, 1.165) is 23.2 Å². The van der Waals surface area contributed by atoms with Crippen molar-refractivity contribution in [3.8, 4) is 0 Å². The number of nitrogens with one attached hydrogen (secondary N) is 1. The first-order chi connectivity index (χ1) is 13.1. The topological polar surface area (TPSA) is 34.0 Å². The molecular weight excluding hydrogens is 399 g/mol. The van der Waals surface area contributed by atoms with Gasteiger partial charge in [0.15, 0.2) is 0 Å². The Morgan fingerprint density at radius 1 is 1.00 bits per heavy atom. The van der Waals surface area contributed by atoms with Crippen LogP contribution in [0.5, 0.6) is 0 Å². The van der Waals surface area contributed by atoms with Crippen molar-refractivity contribution in [3.63, 3.8) is 0 Å². The number of halogens is 2. The fraction of sp³-hybridized carbons (Fsp3) is 0.0952. The molecule has 0 aliphatic heterocycles. The summed E-state index contributed by atoms with van der Waals surface area (Å²) in [5.41, 5.74) is 3.58. The second kappa shape index (κ2) is 7.77. The molecule has 0 spiro atoms. The van der Waals surface area contributed by atoms with Crippen molar-refractivity contribution in [3.05, 3.63) is 87.3 Å². The number of nitrogens with zero attached hydrogens (tertiary/aromatic N) is 1. The zero-order valence-corrected chi connectivity index (χ0v) is 16.6. The second-order valence-electron chi connectivity index (χ2n) is 6.17. The van der Waals surface area contributed by atoms with Crippen LogP contribution in [-0.2, 0) is 13.0 Å². The molecule has 0 bridgehead atoms. The molecule has 136 valence electrons. The molecule has 0 unspecified atom stereocenters. The minimum Gasteiger partial charge on any atom is -0.335 e. The molecule has 0 radical (unpaired) electrons. The average Bonchev–Trinajstić information content (AvgIpc) is 3.25. The molecule has 1 amide bonds. The molecule has 0 saturated carbocycles. The summed E-state index contributed by atoms with van der Waals surface area (Å²) in [6.45, 7) is 0.731. The van der Waals surface area contributed by atoms with Gasteiger partial charge in [0.25, 0.3) is 5.91 Å². The van der Waals surface area contributed by atoms with Gasteiger partial charge < -0.3 is 9.88 Å². The van der Waals surface area contributed by atoms with Gasteiger partial charge in [-0.25, -0.2) is 0 Å². The molecule has 2 aromatic heterocycles. The van der Waals surface area contributed by atoms with Crippen LogP contribution in [0, 0.1) is 0 Å². The van der Waals surface area contributed by atoms with Crippen molar-refractivity contribution in [1.82, 2.24) is 4.57 Å². The zero-order valence-electron chi connectivity index (χ0n) is 14.3. The normalized spacial score (nSPS) is 11.0. The predicted octanol–water partition coefficient (Wildman–Crippen LogP) is 6.50. The molecule has 2 heterocycles. The van der Waals surface area contributed by atoms with Crippen LogP contribution in [-0.4, -0.2) is 10.5 Å². The first kappa shape index (κ1) is 18.1. The fourth-order valence-electron chi connectivity index (χ4n) is 3.06. The number of benzene rings is 2. The number of aromatic nitrogens is 1. The lowest BCUT2D eigenvalue weighted by Crippen LogP contribution is -2.17. The maximum absolute atomic E-state index is 12.9. The van der Waals surface area contributed by atoms with Crippen LogP contribution in [0.3, 0.4) is 0 Å². The smallest absolute Gasteiger partial charge is 0.272 e. The van der Waals surface area contributed by atoms with Crippen LogP contribution < -0.4 is 5.32 Å². The molecule has 0 aliphatic rings. The van der Waals surface area contributed by atoms with Crippen LogP contribution in [0.25, 0.3) is 10.2 Å². The van der Waals surface area contributed by atoms with Crippen LogP contribution in [0.2, 0.25) is 10.0 Å². The quantitative estimate of drug-likeness (QED) is 0.396. The Morgan fingerprint density at radius 3 is 2.59 bits per heavy atom. The number of amides is 1. The molecule has 0 fully saturated rings. The molecule has 1 N–H and O–H groups in total. The molecule has 6 heteroatoms. The summed E-state index contributed by atoms with van der Waals surface area (Å²) in [6, 6.07) is 19.3. The number of hydrogen-bond donors (Lipinski definition) is 1. The molecule has 0 atom stereocenters. The Bertz CT molecular complexity index is 1100. The van der Waals surface area contributed by atoms with E-state index in [-0.39, 0.29) is 5.91 Å². The summed E-state index contributed by atoms with van der Waals surface area (Å²) in [5, 5.41) is 5.83. The highest BCUT2D eigenvalue weighted by molar-refractivity contribution is 7.17. The van der Waals surface area contributed by atoms with Gasteiger partial charge in [0, 0.05) is 12.2 Å². The third kappa shape index (κ3) is 3.88. The number of hydrogen-bond acceptors (Lipinski definition) is 2. The number of rotatable bonds is 5. The number of thiophene rings is 1. The summed E-state index contributed by atoms with van der Waals surface area (Å²) >= 11 is 13.6. The Labute approximate surface area is 171 Å². The number of carbonyl (C=O) groups excluding carboxylic acids is 1. The zero-order chi connectivity index (χ0) is 18.8. The Kier molecular flexibility index (Phi) is 5.21. The van der Waals surface area contributed by atoms with Crippen LogP contribution in [0.15, 0.2) is 66.0 Å². The highest BCUT2D eigenvalue weighted by atomic mass is 35.5. The minimum atomic E-state index is -0.162. The second-order valence-corrected chi connectivity index (χ2v) is 7.93. The molecule has 2 aromatic carbocycles. The maximum Gasteiger partial charge on any atom is 0.272 e. The molecule has 4 rings (SSSR count). The first-order valence-electron chi connectivity index (χ1n) is 8.49. The SMILES string of the molecule is O=C(Nc1ccc(Cl)c(Cl)c1)c1cc2sccc2n1CCc1ccccc1. The van der Waals surface area contributed by atoms with Gasteiger partial charge in [-0.15, -0.1) is 11.3 Å². The molecule has 4 aromatic rings. The Morgan fingerprint density at radius 2 is 1.81 bits per heavy atom. The standard InChI is InChI=1S/C21H16Cl2N2OS/c22-16-7-6-15(12-17(16)23)24-21(26)19-13-20-18(9-11-27-20)25(19)10-8-14-4-2-1-3-5-14/h1-7,9,11-13H,8,10H2,(H,24,26). The van der Waals surface area contributed by atoms with E-state index in [9.17, 15) is 4.79 Å². The van der Waals surface area contributed by atoms with E-state index in [1.54, 1.807) is 29.5 Å². The molecule has 0 aliphatic carbocycles. The monoisotopic (exact) mass is 414 g/mol. The first-order valence-corrected chi connectivity index (χ1v) is 10.1. The van der Waals surface area contributed by atoms with Gasteiger partial charge in [-0.3, -0.25) is 4.79 Å². The van der Waals surface area contributed by atoms with Gasteiger partial charge in [-0.05, 0) is 47.7 Å². The van der Waals surface area contributed by atoms with Crippen molar-refractivity contribution in [2.75, 3.05) is 5.32 Å². The van der Waals surface area contributed by atoms with Gasteiger partial charge in [0.1, 0.15) is 5.69 Å². The van der Waals surface area contributed by atoms with E-state index in [1.165, 1.54) is 5.56 Å². The summed E-state index contributed by atoms with van der Waals surface area (Å²) in [5.74, 6) is -0.162. The Hall–Kier alpha value is -2.27. The number of fused-ring (bicyclic) bond motifs is 1. The van der Waals surface area contributed by atoms with Crippen molar-refractivity contribution in [2.45, 2.75) is 13.0 Å². The van der Waals surface area contributed by atoms with E-state index >= 15 is 0 Å².